The molecule has 1 aromatic heterocycles. The van der Waals surface area contributed by atoms with Crippen LogP contribution in [0.4, 0.5) is 8.78 Å². The molecule has 4 nitrogen and oxygen atoms in total. The average Bonchev–Trinajstić information content (AvgIpc) is 2.77. The van der Waals surface area contributed by atoms with Crippen molar-refractivity contribution in [2.24, 2.45) is 7.05 Å². The van der Waals surface area contributed by atoms with Crippen molar-refractivity contribution in [1.29, 1.82) is 0 Å². The Bertz CT molecular complexity index is 344. The summed E-state index contributed by atoms with van der Waals surface area (Å²) in [6.07, 6.45) is 4.11. The molecule has 110 valence electrons. The second-order valence-corrected chi connectivity index (χ2v) is 4.57. The van der Waals surface area contributed by atoms with Crippen LogP contribution >= 0.6 is 0 Å². The highest BCUT2D eigenvalue weighted by molar-refractivity contribution is 5.03. The Morgan fingerprint density at radius 3 is 2.79 bits per heavy atom. The quantitative estimate of drug-likeness (QED) is 0.664. The van der Waals surface area contributed by atoms with Crippen LogP contribution in [0.25, 0.3) is 0 Å². The van der Waals surface area contributed by atoms with Crippen LogP contribution in [0.5, 0.6) is 0 Å². The van der Waals surface area contributed by atoms with Gasteiger partial charge in [0.2, 0.25) is 0 Å². The van der Waals surface area contributed by atoms with Crippen molar-refractivity contribution >= 4 is 0 Å². The van der Waals surface area contributed by atoms with E-state index in [-0.39, 0.29) is 0 Å². The van der Waals surface area contributed by atoms with Gasteiger partial charge in [-0.2, -0.15) is 5.10 Å². The third kappa shape index (κ3) is 7.22. The molecule has 0 aliphatic rings. The Morgan fingerprint density at radius 1 is 1.42 bits per heavy atom. The second kappa shape index (κ2) is 8.98. The minimum atomic E-state index is -2.38. The monoisotopic (exact) mass is 275 g/mol. The Hall–Kier alpha value is -1.01. The van der Waals surface area contributed by atoms with E-state index >= 15 is 0 Å². The number of ether oxygens (including phenoxy) is 1. The second-order valence-electron chi connectivity index (χ2n) is 4.57. The molecule has 0 saturated heterocycles. The summed E-state index contributed by atoms with van der Waals surface area (Å²) in [5, 5.41) is 7.48. The highest BCUT2D eigenvalue weighted by atomic mass is 19.3. The fraction of sp³-hybridized carbons (Fsp3) is 0.769. The van der Waals surface area contributed by atoms with Gasteiger partial charge in [0, 0.05) is 25.9 Å². The van der Waals surface area contributed by atoms with Crippen LogP contribution < -0.4 is 5.32 Å². The lowest BCUT2D eigenvalue weighted by atomic mass is 10.1. The molecular weight excluding hydrogens is 252 g/mol. The van der Waals surface area contributed by atoms with E-state index in [1.807, 2.05) is 26.4 Å². The fourth-order valence-corrected chi connectivity index (χ4v) is 1.98. The molecule has 1 unspecified atom stereocenters. The normalized spacial score (nSPS) is 13.1. The molecule has 1 heterocycles. The topological polar surface area (TPSA) is 39.1 Å². The van der Waals surface area contributed by atoms with Gasteiger partial charge in [-0.1, -0.05) is 6.92 Å². The molecule has 0 spiro atoms. The first-order valence-corrected chi connectivity index (χ1v) is 6.68. The summed E-state index contributed by atoms with van der Waals surface area (Å²) in [5.74, 6) is 0. The number of nitrogens with one attached hydrogen (secondary N) is 1. The lowest BCUT2D eigenvalue weighted by Crippen LogP contribution is -2.30. The van der Waals surface area contributed by atoms with Crippen LogP contribution in [0.2, 0.25) is 0 Å². The number of halogens is 2. The van der Waals surface area contributed by atoms with Crippen LogP contribution in [0, 0.1) is 0 Å². The van der Waals surface area contributed by atoms with Crippen LogP contribution in [-0.4, -0.2) is 42.0 Å². The standard InChI is InChI=1S/C13H23F2N3O/c1-3-16-12(6-7-19-10-13(14)15)5-4-11-8-17-18(2)9-11/h8-9,12-13,16H,3-7,10H2,1-2H3. The molecule has 1 rings (SSSR count). The summed E-state index contributed by atoms with van der Waals surface area (Å²) in [4.78, 5) is 0. The summed E-state index contributed by atoms with van der Waals surface area (Å²) in [7, 11) is 1.89. The molecule has 1 N–H and O–H groups in total. The third-order valence-corrected chi connectivity index (χ3v) is 2.89. The van der Waals surface area contributed by atoms with Gasteiger partial charge in [0.25, 0.3) is 6.43 Å². The Morgan fingerprint density at radius 2 is 2.21 bits per heavy atom. The number of alkyl halides is 2. The Labute approximate surface area is 113 Å². The van der Waals surface area contributed by atoms with E-state index in [1.165, 1.54) is 5.56 Å². The lowest BCUT2D eigenvalue weighted by molar-refractivity contribution is 0.0142. The largest absolute Gasteiger partial charge is 0.375 e. The molecule has 0 amide bonds. The van der Waals surface area contributed by atoms with E-state index in [9.17, 15) is 8.78 Å². The molecule has 1 aromatic rings. The Kier molecular flexibility index (Phi) is 7.59. The first kappa shape index (κ1) is 16.0. The highest BCUT2D eigenvalue weighted by Gasteiger charge is 2.09. The smallest absolute Gasteiger partial charge is 0.261 e. The number of rotatable bonds is 10. The van der Waals surface area contributed by atoms with Crippen LogP contribution in [-0.2, 0) is 18.2 Å². The lowest BCUT2D eigenvalue weighted by Gasteiger charge is -2.17. The molecule has 0 aliphatic carbocycles. The van der Waals surface area contributed by atoms with E-state index in [2.05, 4.69) is 10.4 Å². The molecule has 6 heteroatoms. The zero-order valence-electron chi connectivity index (χ0n) is 11.6. The van der Waals surface area contributed by atoms with Crippen molar-refractivity contribution in [2.45, 2.75) is 38.7 Å². The molecule has 19 heavy (non-hydrogen) atoms. The van der Waals surface area contributed by atoms with E-state index in [0.29, 0.717) is 12.6 Å². The van der Waals surface area contributed by atoms with Gasteiger partial charge in [-0.15, -0.1) is 0 Å². The van der Waals surface area contributed by atoms with Crippen molar-refractivity contribution in [3.05, 3.63) is 18.0 Å². The van der Waals surface area contributed by atoms with Crippen molar-refractivity contribution in [3.8, 4) is 0 Å². The van der Waals surface area contributed by atoms with Gasteiger partial charge < -0.3 is 10.1 Å². The van der Waals surface area contributed by atoms with Crippen LogP contribution in [0.3, 0.4) is 0 Å². The number of hydrogen-bond acceptors (Lipinski definition) is 3. The summed E-state index contributed by atoms with van der Waals surface area (Å²) < 4.78 is 30.6. The predicted octanol–water partition coefficient (Wildman–Crippen LogP) is 2.00. The molecule has 1 atom stereocenters. The van der Waals surface area contributed by atoms with Gasteiger partial charge in [-0.05, 0) is 31.4 Å². The molecule has 0 fully saturated rings. The van der Waals surface area contributed by atoms with Crippen LogP contribution in [0.1, 0.15) is 25.3 Å². The predicted molar refractivity (Wildman–Crippen MR) is 70.4 cm³/mol. The van der Waals surface area contributed by atoms with Crippen molar-refractivity contribution in [3.63, 3.8) is 0 Å². The van der Waals surface area contributed by atoms with E-state index in [4.69, 9.17) is 4.74 Å². The fourth-order valence-electron chi connectivity index (χ4n) is 1.98. The maximum absolute atomic E-state index is 11.9. The van der Waals surface area contributed by atoms with Crippen molar-refractivity contribution in [1.82, 2.24) is 15.1 Å². The first-order chi connectivity index (χ1) is 9.11. The van der Waals surface area contributed by atoms with Gasteiger partial charge in [0.05, 0.1) is 6.20 Å². The number of aryl methyl sites for hydroxylation is 2. The average molecular weight is 275 g/mol. The zero-order valence-corrected chi connectivity index (χ0v) is 11.6. The summed E-state index contributed by atoms with van der Waals surface area (Å²) in [6.45, 7) is 2.81. The van der Waals surface area contributed by atoms with E-state index in [1.54, 1.807) is 4.68 Å². The molecule has 0 saturated carbocycles. The summed E-state index contributed by atoms with van der Waals surface area (Å²) in [6, 6.07) is 0.294. The van der Waals surface area contributed by atoms with Gasteiger partial charge in [0.1, 0.15) is 6.61 Å². The van der Waals surface area contributed by atoms with Gasteiger partial charge in [-0.25, -0.2) is 8.78 Å². The van der Waals surface area contributed by atoms with Gasteiger partial charge in [-0.3, -0.25) is 4.68 Å². The molecular formula is C13H23F2N3O. The maximum Gasteiger partial charge on any atom is 0.261 e. The molecule has 0 bridgehead atoms. The van der Waals surface area contributed by atoms with Gasteiger partial charge >= 0.3 is 0 Å². The number of hydrogen-bond donors (Lipinski definition) is 1. The molecule has 0 aromatic carbocycles. The number of nitrogens with zero attached hydrogens (tertiary/aromatic N) is 2. The Balaban J connectivity index is 2.23. The maximum atomic E-state index is 11.9. The number of aromatic nitrogens is 2. The zero-order chi connectivity index (χ0) is 14.1. The highest BCUT2D eigenvalue weighted by Crippen LogP contribution is 2.07. The molecule has 0 aliphatic heterocycles. The molecule has 0 radical (unpaired) electrons. The van der Waals surface area contributed by atoms with Crippen molar-refractivity contribution in [2.75, 3.05) is 19.8 Å². The van der Waals surface area contributed by atoms with Crippen LogP contribution in [0.15, 0.2) is 12.4 Å². The van der Waals surface area contributed by atoms with E-state index in [0.717, 1.165) is 25.8 Å². The first-order valence-electron chi connectivity index (χ1n) is 6.68. The van der Waals surface area contributed by atoms with E-state index < -0.39 is 13.0 Å². The SMILES string of the molecule is CCNC(CCOCC(F)F)CCc1cnn(C)c1. The minimum Gasteiger partial charge on any atom is -0.375 e. The van der Waals surface area contributed by atoms with Crippen molar-refractivity contribution < 1.29 is 13.5 Å². The summed E-state index contributed by atoms with van der Waals surface area (Å²) in [5.41, 5.74) is 1.19. The minimum absolute atomic E-state index is 0.294. The van der Waals surface area contributed by atoms with Gasteiger partial charge in [0.15, 0.2) is 0 Å². The summed E-state index contributed by atoms with van der Waals surface area (Å²) >= 11 is 0. The third-order valence-electron chi connectivity index (χ3n) is 2.89.